The molecule has 1 fully saturated rings. The number of rotatable bonds is 2. The van der Waals surface area contributed by atoms with Crippen LogP contribution in [0.4, 0.5) is 17.6 Å². The summed E-state index contributed by atoms with van der Waals surface area (Å²) in [5.74, 6) is -3.33. The minimum Gasteiger partial charge on any atom is -0.204 e. The molecule has 0 unspecified atom stereocenters. The minimum atomic E-state index is -0.837. The van der Waals surface area contributed by atoms with E-state index in [1.54, 1.807) is 18.2 Å². The molecule has 0 aromatic heterocycles. The smallest absolute Gasteiger partial charge is 0.162 e. The SMILES string of the molecule is Cc1ccc(C2CCC(c3cccc(F)c3F)CC2)c(F)c1F. The van der Waals surface area contributed by atoms with Gasteiger partial charge in [-0.05, 0) is 67.2 Å². The van der Waals surface area contributed by atoms with Gasteiger partial charge in [-0.1, -0.05) is 24.3 Å². The van der Waals surface area contributed by atoms with Gasteiger partial charge in [-0.3, -0.25) is 0 Å². The van der Waals surface area contributed by atoms with Crippen molar-refractivity contribution >= 4 is 0 Å². The fourth-order valence-corrected chi connectivity index (χ4v) is 3.53. The molecule has 0 heterocycles. The number of halogens is 4. The Kier molecular flexibility index (Phi) is 4.42. The van der Waals surface area contributed by atoms with Crippen molar-refractivity contribution in [2.45, 2.75) is 44.4 Å². The van der Waals surface area contributed by atoms with Crippen molar-refractivity contribution in [3.05, 3.63) is 70.3 Å². The fraction of sp³-hybridized carbons (Fsp3) is 0.368. The zero-order valence-corrected chi connectivity index (χ0v) is 12.9. The molecule has 0 saturated heterocycles. The van der Waals surface area contributed by atoms with E-state index < -0.39 is 23.3 Å². The van der Waals surface area contributed by atoms with Crippen LogP contribution in [0.3, 0.4) is 0 Å². The molecule has 122 valence electrons. The van der Waals surface area contributed by atoms with Gasteiger partial charge in [-0.2, -0.15) is 0 Å². The second-order valence-electron chi connectivity index (χ2n) is 6.29. The summed E-state index contributed by atoms with van der Waals surface area (Å²) in [5, 5.41) is 0. The molecule has 0 bridgehead atoms. The van der Waals surface area contributed by atoms with Gasteiger partial charge in [0.05, 0.1) is 0 Å². The maximum Gasteiger partial charge on any atom is 0.162 e. The number of hydrogen-bond acceptors (Lipinski definition) is 0. The summed E-state index contributed by atoms with van der Waals surface area (Å²) in [7, 11) is 0. The van der Waals surface area contributed by atoms with E-state index in [0.717, 1.165) is 6.07 Å². The molecule has 0 N–H and O–H groups in total. The molecule has 2 aromatic rings. The highest BCUT2D eigenvalue weighted by Crippen LogP contribution is 2.42. The Labute approximate surface area is 133 Å². The summed E-state index contributed by atoms with van der Waals surface area (Å²) in [6.45, 7) is 1.53. The third kappa shape index (κ3) is 2.99. The Bertz CT molecular complexity index is 716. The van der Waals surface area contributed by atoms with E-state index in [0.29, 0.717) is 42.4 Å². The highest BCUT2D eigenvalue weighted by molar-refractivity contribution is 5.30. The molecule has 0 spiro atoms. The summed E-state index contributed by atoms with van der Waals surface area (Å²) in [6, 6.07) is 7.45. The first-order valence-corrected chi connectivity index (χ1v) is 7.87. The van der Waals surface area contributed by atoms with E-state index in [-0.39, 0.29) is 11.8 Å². The van der Waals surface area contributed by atoms with Crippen LogP contribution in [0.15, 0.2) is 30.3 Å². The number of benzene rings is 2. The third-order valence-corrected chi connectivity index (χ3v) is 4.89. The molecule has 2 aromatic carbocycles. The van der Waals surface area contributed by atoms with Gasteiger partial charge < -0.3 is 0 Å². The Morgan fingerprint density at radius 1 is 0.696 bits per heavy atom. The first kappa shape index (κ1) is 16.0. The lowest BCUT2D eigenvalue weighted by Gasteiger charge is -2.29. The molecule has 0 amide bonds. The van der Waals surface area contributed by atoms with Crippen molar-refractivity contribution < 1.29 is 17.6 Å². The monoisotopic (exact) mass is 322 g/mol. The Morgan fingerprint density at radius 3 is 1.87 bits per heavy atom. The number of aryl methyl sites for hydroxylation is 1. The minimum absolute atomic E-state index is 0.0692. The maximum atomic E-state index is 14.1. The highest BCUT2D eigenvalue weighted by atomic mass is 19.2. The Balaban J connectivity index is 1.76. The van der Waals surface area contributed by atoms with Crippen LogP contribution < -0.4 is 0 Å². The summed E-state index contributed by atoms with van der Waals surface area (Å²) < 4.78 is 55.0. The van der Waals surface area contributed by atoms with Gasteiger partial charge >= 0.3 is 0 Å². The summed E-state index contributed by atoms with van der Waals surface area (Å²) in [6.07, 6.45) is 2.56. The lowest BCUT2D eigenvalue weighted by atomic mass is 9.76. The van der Waals surface area contributed by atoms with Crippen molar-refractivity contribution in [2.24, 2.45) is 0 Å². The van der Waals surface area contributed by atoms with Gasteiger partial charge in [0.25, 0.3) is 0 Å². The van der Waals surface area contributed by atoms with Crippen LogP contribution in [0.5, 0.6) is 0 Å². The van der Waals surface area contributed by atoms with E-state index in [4.69, 9.17) is 0 Å². The second kappa shape index (κ2) is 6.34. The first-order valence-electron chi connectivity index (χ1n) is 7.87. The topological polar surface area (TPSA) is 0 Å². The fourth-order valence-electron chi connectivity index (χ4n) is 3.53. The van der Waals surface area contributed by atoms with E-state index in [1.807, 2.05) is 0 Å². The molecule has 0 atom stereocenters. The van der Waals surface area contributed by atoms with Crippen molar-refractivity contribution in [1.82, 2.24) is 0 Å². The van der Waals surface area contributed by atoms with Crippen LogP contribution in [0.1, 0.15) is 54.2 Å². The molecule has 0 nitrogen and oxygen atoms in total. The van der Waals surface area contributed by atoms with Gasteiger partial charge in [-0.15, -0.1) is 0 Å². The van der Waals surface area contributed by atoms with Crippen LogP contribution in [-0.2, 0) is 0 Å². The molecule has 0 aliphatic heterocycles. The lowest BCUT2D eigenvalue weighted by Crippen LogP contribution is -2.15. The molecule has 1 saturated carbocycles. The first-order chi connectivity index (χ1) is 11.0. The summed E-state index contributed by atoms with van der Waals surface area (Å²) in [5.41, 5.74) is 1.08. The van der Waals surface area contributed by atoms with E-state index in [1.165, 1.54) is 13.0 Å². The van der Waals surface area contributed by atoms with Crippen LogP contribution in [0.2, 0.25) is 0 Å². The third-order valence-electron chi connectivity index (χ3n) is 4.89. The predicted molar refractivity (Wildman–Crippen MR) is 81.4 cm³/mol. The van der Waals surface area contributed by atoms with Gasteiger partial charge in [0.1, 0.15) is 0 Å². The lowest BCUT2D eigenvalue weighted by molar-refractivity contribution is 0.370. The number of hydrogen-bond donors (Lipinski definition) is 0. The largest absolute Gasteiger partial charge is 0.204 e. The van der Waals surface area contributed by atoms with Crippen LogP contribution in [0, 0.1) is 30.2 Å². The van der Waals surface area contributed by atoms with Crippen molar-refractivity contribution in [3.8, 4) is 0 Å². The van der Waals surface area contributed by atoms with Crippen LogP contribution >= 0.6 is 0 Å². The molecule has 4 heteroatoms. The molecular formula is C19H18F4. The summed E-state index contributed by atoms with van der Waals surface area (Å²) in [4.78, 5) is 0. The average Bonchev–Trinajstić information content (AvgIpc) is 2.56. The molecule has 3 rings (SSSR count). The summed E-state index contributed by atoms with van der Waals surface area (Å²) >= 11 is 0. The van der Waals surface area contributed by atoms with Gasteiger partial charge in [0, 0.05) is 0 Å². The molecule has 23 heavy (non-hydrogen) atoms. The van der Waals surface area contributed by atoms with Crippen molar-refractivity contribution in [3.63, 3.8) is 0 Å². The van der Waals surface area contributed by atoms with E-state index in [9.17, 15) is 17.6 Å². The second-order valence-corrected chi connectivity index (χ2v) is 6.29. The van der Waals surface area contributed by atoms with Gasteiger partial charge in [0.15, 0.2) is 23.3 Å². The Hall–Kier alpha value is -1.84. The molecule has 0 radical (unpaired) electrons. The quantitative estimate of drug-likeness (QED) is 0.595. The highest BCUT2D eigenvalue weighted by Gasteiger charge is 2.28. The van der Waals surface area contributed by atoms with Crippen LogP contribution in [-0.4, -0.2) is 0 Å². The molecule has 1 aliphatic rings. The predicted octanol–water partition coefficient (Wildman–Crippen LogP) is 5.99. The normalized spacial score (nSPS) is 21.4. The van der Waals surface area contributed by atoms with E-state index >= 15 is 0 Å². The van der Waals surface area contributed by atoms with Crippen molar-refractivity contribution in [2.75, 3.05) is 0 Å². The van der Waals surface area contributed by atoms with E-state index in [2.05, 4.69) is 0 Å². The maximum absolute atomic E-state index is 14.1. The zero-order chi connectivity index (χ0) is 16.6. The van der Waals surface area contributed by atoms with Crippen molar-refractivity contribution in [1.29, 1.82) is 0 Å². The molecule has 1 aliphatic carbocycles. The Morgan fingerprint density at radius 2 is 1.26 bits per heavy atom. The van der Waals surface area contributed by atoms with Gasteiger partial charge in [0.2, 0.25) is 0 Å². The average molecular weight is 322 g/mol. The van der Waals surface area contributed by atoms with Gasteiger partial charge in [-0.25, -0.2) is 17.6 Å². The van der Waals surface area contributed by atoms with Crippen LogP contribution in [0.25, 0.3) is 0 Å². The molecular weight excluding hydrogens is 304 g/mol. The standard InChI is InChI=1S/C19H18F4/c1-11-5-10-15(19(23)17(11)21)13-8-6-12(7-9-13)14-3-2-4-16(20)18(14)22/h2-5,10,12-13H,6-9H2,1H3. The zero-order valence-electron chi connectivity index (χ0n) is 12.9.